The molecular formula is C19H23N5O5. The van der Waals surface area contributed by atoms with E-state index in [1.54, 1.807) is 0 Å². The number of hydrogen-bond donors (Lipinski definition) is 4. The van der Waals surface area contributed by atoms with E-state index in [-0.39, 0.29) is 18.1 Å². The highest BCUT2D eigenvalue weighted by Gasteiger charge is 2.57. The van der Waals surface area contributed by atoms with Crippen molar-refractivity contribution in [2.75, 3.05) is 18.9 Å². The van der Waals surface area contributed by atoms with Crippen LogP contribution in [0.4, 0.5) is 5.82 Å². The number of aliphatic hydroxyl groups excluding tert-OH is 3. The second-order valence-corrected chi connectivity index (χ2v) is 7.03. The van der Waals surface area contributed by atoms with E-state index in [4.69, 9.17) is 15.2 Å². The molecule has 10 nitrogen and oxygen atoms in total. The molecule has 0 saturated carbocycles. The molecule has 0 spiro atoms. The van der Waals surface area contributed by atoms with E-state index in [2.05, 4.69) is 15.0 Å². The third-order valence-corrected chi connectivity index (χ3v) is 5.10. The van der Waals surface area contributed by atoms with Gasteiger partial charge in [-0.25, -0.2) is 15.0 Å². The topological polar surface area (TPSA) is 149 Å². The van der Waals surface area contributed by atoms with E-state index in [1.165, 1.54) is 17.2 Å². The van der Waals surface area contributed by atoms with Crippen molar-refractivity contribution in [1.29, 1.82) is 0 Å². The highest BCUT2D eigenvalue weighted by Crippen LogP contribution is 2.38. The number of nitrogen functional groups attached to an aromatic ring is 1. The summed E-state index contributed by atoms with van der Waals surface area (Å²) < 4.78 is 13.2. The summed E-state index contributed by atoms with van der Waals surface area (Å²) in [5.74, 6) is -1.66. The van der Waals surface area contributed by atoms with Crippen molar-refractivity contribution in [2.45, 2.75) is 37.6 Å². The molecule has 4 rings (SSSR count). The zero-order valence-electron chi connectivity index (χ0n) is 15.8. The van der Waals surface area contributed by atoms with Crippen LogP contribution in [0.5, 0.6) is 0 Å². The summed E-state index contributed by atoms with van der Waals surface area (Å²) >= 11 is 0. The molecule has 0 unspecified atom stereocenters. The molecule has 10 heteroatoms. The molecule has 3 aromatic rings. The van der Waals surface area contributed by atoms with E-state index >= 15 is 0 Å². The fraction of sp³-hybridized carbons (Fsp3) is 0.421. The van der Waals surface area contributed by atoms with Gasteiger partial charge < -0.3 is 30.5 Å². The van der Waals surface area contributed by atoms with Crippen LogP contribution < -0.4 is 5.73 Å². The third kappa shape index (κ3) is 3.34. The van der Waals surface area contributed by atoms with E-state index in [9.17, 15) is 15.3 Å². The lowest BCUT2D eigenvalue weighted by atomic mass is 10.1. The van der Waals surface area contributed by atoms with Crippen LogP contribution in [0.1, 0.15) is 11.1 Å². The Morgan fingerprint density at radius 2 is 1.97 bits per heavy atom. The molecule has 1 saturated heterocycles. The number of hydrogen-bond acceptors (Lipinski definition) is 9. The van der Waals surface area contributed by atoms with Gasteiger partial charge in [-0.3, -0.25) is 4.57 Å². The van der Waals surface area contributed by atoms with E-state index in [0.717, 1.165) is 11.1 Å². The van der Waals surface area contributed by atoms with Gasteiger partial charge in [-0.05, 0) is 18.9 Å². The summed E-state index contributed by atoms with van der Waals surface area (Å²) in [7, 11) is 0. The van der Waals surface area contributed by atoms with Gasteiger partial charge >= 0.3 is 0 Å². The molecule has 0 radical (unpaired) electrons. The van der Waals surface area contributed by atoms with Gasteiger partial charge in [0, 0.05) is 0 Å². The first kappa shape index (κ1) is 19.7. The number of nitrogens with two attached hydrogens (primary N) is 1. The normalized spacial score (nSPS) is 27.0. The molecule has 0 aliphatic carbocycles. The first-order valence-corrected chi connectivity index (χ1v) is 9.24. The molecule has 3 heterocycles. The number of aryl methyl sites for hydroxylation is 1. The lowest BCUT2D eigenvalue weighted by Gasteiger charge is -2.33. The molecule has 2 aromatic heterocycles. The largest absolute Gasteiger partial charge is 0.394 e. The fourth-order valence-corrected chi connectivity index (χ4v) is 3.46. The standard InChI is InChI=1S/C19H23N5O5/c1-11-2-4-12(5-3-11)6-7-28-19(16(27)15(26)13(8-25)29-19)24-10-23-14-17(20)21-9-22-18(14)24/h2-5,9-10,13,15-16,25-27H,6-8H2,1H3,(H2,20,21,22)/t13-,15-,16-,19-/m1/s1. The van der Waals surface area contributed by atoms with Gasteiger partial charge in [0.2, 0.25) is 0 Å². The van der Waals surface area contributed by atoms with Gasteiger partial charge in [0.25, 0.3) is 5.91 Å². The monoisotopic (exact) mass is 401 g/mol. The molecule has 0 bridgehead atoms. The van der Waals surface area contributed by atoms with Gasteiger partial charge in [0.05, 0.1) is 13.2 Å². The lowest BCUT2D eigenvalue weighted by molar-refractivity contribution is -0.313. The Bertz CT molecular complexity index is 994. The zero-order chi connectivity index (χ0) is 20.6. The van der Waals surface area contributed by atoms with Crippen molar-refractivity contribution < 1.29 is 24.8 Å². The van der Waals surface area contributed by atoms with E-state index < -0.39 is 30.8 Å². The van der Waals surface area contributed by atoms with Crippen LogP contribution in [-0.2, 0) is 21.8 Å². The van der Waals surface area contributed by atoms with Gasteiger partial charge in [-0.2, -0.15) is 0 Å². The van der Waals surface area contributed by atoms with Gasteiger partial charge in [-0.15, -0.1) is 0 Å². The summed E-state index contributed by atoms with van der Waals surface area (Å²) in [5.41, 5.74) is 8.63. The van der Waals surface area contributed by atoms with Crippen LogP contribution in [0.25, 0.3) is 11.2 Å². The number of rotatable bonds is 6. The summed E-state index contributed by atoms with van der Waals surface area (Å²) in [5, 5.41) is 30.7. The summed E-state index contributed by atoms with van der Waals surface area (Å²) in [6.45, 7) is 1.68. The molecule has 1 fully saturated rings. The summed E-state index contributed by atoms with van der Waals surface area (Å²) in [4.78, 5) is 12.3. The Morgan fingerprint density at radius 3 is 2.66 bits per heavy atom. The summed E-state index contributed by atoms with van der Waals surface area (Å²) in [6, 6.07) is 7.98. The van der Waals surface area contributed by atoms with Crippen molar-refractivity contribution in [3.8, 4) is 0 Å². The Balaban J connectivity index is 1.68. The molecule has 1 aliphatic rings. The third-order valence-electron chi connectivity index (χ3n) is 5.10. The van der Waals surface area contributed by atoms with E-state index in [0.29, 0.717) is 11.9 Å². The number of ether oxygens (including phenoxy) is 2. The Hall–Kier alpha value is -2.63. The second kappa shape index (κ2) is 7.65. The molecule has 4 atom stereocenters. The molecule has 154 valence electrons. The highest BCUT2D eigenvalue weighted by molar-refractivity contribution is 5.81. The minimum atomic E-state index is -1.83. The Kier molecular flexibility index (Phi) is 5.19. The van der Waals surface area contributed by atoms with Crippen LogP contribution in [0.3, 0.4) is 0 Å². The van der Waals surface area contributed by atoms with Gasteiger partial charge in [0.15, 0.2) is 17.6 Å². The number of anilines is 1. The average molecular weight is 401 g/mol. The maximum absolute atomic E-state index is 10.8. The Morgan fingerprint density at radius 1 is 1.21 bits per heavy atom. The molecular weight excluding hydrogens is 378 g/mol. The van der Waals surface area contributed by atoms with Crippen LogP contribution in [0, 0.1) is 6.92 Å². The van der Waals surface area contributed by atoms with E-state index in [1.807, 2.05) is 31.2 Å². The van der Waals surface area contributed by atoms with Crippen molar-refractivity contribution in [1.82, 2.24) is 19.5 Å². The van der Waals surface area contributed by atoms with Crippen molar-refractivity contribution in [2.24, 2.45) is 0 Å². The number of fused-ring (bicyclic) bond motifs is 1. The van der Waals surface area contributed by atoms with Crippen molar-refractivity contribution in [3.05, 3.63) is 48.0 Å². The van der Waals surface area contributed by atoms with Crippen molar-refractivity contribution >= 4 is 17.0 Å². The highest BCUT2D eigenvalue weighted by atomic mass is 16.7. The lowest BCUT2D eigenvalue weighted by Crippen LogP contribution is -2.48. The van der Waals surface area contributed by atoms with Crippen LogP contribution >= 0.6 is 0 Å². The van der Waals surface area contributed by atoms with Crippen LogP contribution in [0.15, 0.2) is 36.9 Å². The molecule has 1 aliphatic heterocycles. The number of aliphatic hydroxyl groups is 3. The first-order valence-electron chi connectivity index (χ1n) is 9.24. The molecule has 5 N–H and O–H groups in total. The summed E-state index contributed by atoms with van der Waals surface area (Å²) in [6.07, 6.45) is -0.737. The van der Waals surface area contributed by atoms with Crippen LogP contribution in [0.2, 0.25) is 0 Å². The quantitative estimate of drug-likeness (QED) is 0.437. The molecule has 1 aromatic carbocycles. The van der Waals surface area contributed by atoms with Crippen LogP contribution in [-0.4, -0.2) is 66.4 Å². The van der Waals surface area contributed by atoms with Gasteiger partial charge in [-0.1, -0.05) is 29.8 Å². The first-order chi connectivity index (χ1) is 14.0. The van der Waals surface area contributed by atoms with Crippen molar-refractivity contribution in [3.63, 3.8) is 0 Å². The number of benzene rings is 1. The maximum atomic E-state index is 10.8. The second-order valence-electron chi connectivity index (χ2n) is 7.03. The van der Waals surface area contributed by atoms with Gasteiger partial charge in [0.1, 0.15) is 30.4 Å². The SMILES string of the molecule is Cc1ccc(CCO[C@@]2(n3cnc4c(N)ncnc43)O[C@H](CO)[C@@H](O)[C@H]2O)cc1. The number of nitrogens with zero attached hydrogens (tertiary/aromatic N) is 4. The predicted molar refractivity (Wildman–Crippen MR) is 103 cm³/mol. The number of imidazole rings is 1. The maximum Gasteiger partial charge on any atom is 0.288 e. The zero-order valence-corrected chi connectivity index (χ0v) is 15.8. The smallest absolute Gasteiger partial charge is 0.288 e. The minimum absolute atomic E-state index is 0.162. The Labute approximate surface area is 166 Å². The average Bonchev–Trinajstić information content (AvgIpc) is 3.26. The fourth-order valence-electron chi connectivity index (χ4n) is 3.46. The molecule has 0 amide bonds. The number of aromatic nitrogens is 4. The minimum Gasteiger partial charge on any atom is -0.394 e. The predicted octanol–water partition coefficient (Wildman–Crippen LogP) is -0.301. The molecule has 29 heavy (non-hydrogen) atoms.